The number of fused-ring (bicyclic) bond motifs is 3. The Bertz CT molecular complexity index is 1050. The molecule has 0 aliphatic heterocycles. The van der Waals surface area contributed by atoms with Gasteiger partial charge in [-0.1, -0.05) is 35.5 Å². The number of thioether (sulfide) groups is 1. The number of hydrogen-bond acceptors (Lipinski definition) is 5. The van der Waals surface area contributed by atoms with Crippen LogP contribution in [0.25, 0.3) is 10.2 Å². The van der Waals surface area contributed by atoms with E-state index in [2.05, 4.69) is 13.5 Å². The monoisotopic (exact) mass is 412 g/mol. The number of aromatic nitrogens is 2. The average molecular weight is 413 g/mol. The summed E-state index contributed by atoms with van der Waals surface area (Å²) in [6.45, 7) is 6.92. The van der Waals surface area contributed by atoms with Gasteiger partial charge in [-0.2, -0.15) is 0 Å². The Morgan fingerprint density at radius 1 is 1.29 bits per heavy atom. The van der Waals surface area contributed by atoms with Gasteiger partial charge in [0, 0.05) is 17.2 Å². The van der Waals surface area contributed by atoms with Crippen LogP contribution in [0.4, 0.5) is 0 Å². The normalized spacial score (nSPS) is 13.5. The Morgan fingerprint density at radius 3 is 2.86 bits per heavy atom. The predicted octanol–water partition coefficient (Wildman–Crippen LogP) is 5.00. The zero-order valence-electron chi connectivity index (χ0n) is 16.1. The molecule has 0 amide bonds. The summed E-state index contributed by atoms with van der Waals surface area (Å²) >= 11 is 3.27. The van der Waals surface area contributed by atoms with Crippen LogP contribution < -0.4 is 10.3 Å². The fourth-order valence-corrected chi connectivity index (χ4v) is 5.68. The van der Waals surface area contributed by atoms with Crippen molar-refractivity contribution in [2.75, 3.05) is 12.4 Å². The van der Waals surface area contributed by atoms with E-state index in [1.165, 1.54) is 22.4 Å². The number of thiophene rings is 1. The van der Waals surface area contributed by atoms with Crippen LogP contribution >= 0.6 is 23.1 Å². The fourth-order valence-electron chi connectivity index (χ4n) is 3.55. The lowest BCUT2D eigenvalue weighted by atomic mass is 9.97. The first-order chi connectivity index (χ1) is 13.7. The summed E-state index contributed by atoms with van der Waals surface area (Å²) in [6.07, 6.45) is 6.20. The maximum Gasteiger partial charge on any atom is 0.263 e. The second kappa shape index (κ2) is 8.53. The van der Waals surface area contributed by atoms with Gasteiger partial charge in [0.25, 0.3) is 5.56 Å². The summed E-state index contributed by atoms with van der Waals surface area (Å²) in [4.78, 5) is 20.3. The lowest BCUT2D eigenvalue weighted by molar-refractivity contribution is 0.343. The van der Waals surface area contributed by atoms with Gasteiger partial charge in [-0.15, -0.1) is 17.9 Å². The maximum atomic E-state index is 13.2. The first-order valence-electron chi connectivity index (χ1n) is 9.65. The van der Waals surface area contributed by atoms with Gasteiger partial charge >= 0.3 is 0 Å². The topological polar surface area (TPSA) is 44.1 Å². The molecular weight excluding hydrogens is 388 g/mol. The standard InChI is InChI=1S/C22H24N2O2S2/c1-3-12-24-21(25)19-17-6-4-5-7-18(17)28-20(19)23-22(24)27-14-13-26-16-10-8-15(2)9-11-16/h3,8-11H,1,4-7,12-14H2,2H3. The Hall–Kier alpha value is -2.05. The van der Waals surface area contributed by atoms with Crippen LogP contribution in [-0.2, 0) is 19.4 Å². The average Bonchev–Trinajstić information content (AvgIpc) is 3.08. The van der Waals surface area contributed by atoms with Gasteiger partial charge in [0.15, 0.2) is 5.16 Å². The largest absolute Gasteiger partial charge is 0.493 e. The quantitative estimate of drug-likeness (QED) is 0.237. The van der Waals surface area contributed by atoms with Crippen molar-refractivity contribution in [2.24, 2.45) is 0 Å². The maximum absolute atomic E-state index is 13.2. The van der Waals surface area contributed by atoms with Crippen LogP contribution in [0, 0.1) is 6.92 Å². The minimum atomic E-state index is 0.0752. The highest BCUT2D eigenvalue weighted by Gasteiger charge is 2.21. The molecule has 0 radical (unpaired) electrons. The molecule has 0 spiro atoms. The number of ether oxygens (including phenoxy) is 1. The molecule has 4 nitrogen and oxygen atoms in total. The van der Waals surface area contributed by atoms with Crippen LogP contribution in [0.1, 0.15) is 28.8 Å². The van der Waals surface area contributed by atoms with Crippen LogP contribution in [0.15, 0.2) is 46.9 Å². The number of aryl methyl sites for hydroxylation is 3. The smallest absolute Gasteiger partial charge is 0.263 e. The Morgan fingerprint density at radius 2 is 2.07 bits per heavy atom. The highest BCUT2D eigenvalue weighted by molar-refractivity contribution is 7.99. The van der Waals surface area contributed by atoms with E-state index < -0.39 is 0 Å². The molecule has 146 valence electrons. The van der Waals surface area contributed by atoms with Gasteiger partial charge in [-0.3, -0.25) is 9.36 Å². The first kappa shape index (κ1) is 19.3. The molecule has 0 N–H and O–H groups in total. The minimum absolute atomic E-state index is 0.0752. The SMILES string of the molecule is C=CCn1c(SCCOc2ccc(C)cc2)nc2sc3c(c2c1=O)CCCC3. The second-order valence-electron chi connectivity index (χ2n) is 7.00. The van der Waals surface area contributed by atoms with E-state index in [1.54, 1.807) is 33.7 Å². The summed E-state index contributed by atoms with van der Waals surface area (Å²) in [5, 5.41) is 1.59. The number of benzene rings is 1. The van der Waals surface area contributed by atoms with Gasteiger partial charge in [0.05, 0.1) is 12.0 Å². The fraction of sp³-hybridized carbons (Fsp3) is 0.364. The van der Waals surface area contributed by atoms with Crippen molar-refractivity contribution in [3.05, 3.63) is 63.3 Å². The number of allylic oxidation sites excluding steroid dienone is 1. The third-order valence-electron chi connectivity index (χ3n) is 4.96. The molecule has 0 atom stereocenters. The Kier molecular flexibility index (Phi) is 5.87. The van der Waals surface area contributed by atoms with E-state index >= 15 is 0 Å². The Labute approximate surface area is 173 Å². The minimum Gasteiger partial charge on any atom is -0.493 e. The first-order valence-corrected chi connectivity index (χ1v) is 11.5. The van der Waals surface area contributed by atoms with Crippen molar-refractivity contribution in [1.82, 2.24) is 9.55 Å². The predicted molar refractivity (Wildman–Crippen MR) is 118 cm³/mol. The van der Waals surface area contributed by atoms with Crippen molar-refractivity contribution in [2.45, 2.75) is 44.3 Å². The molecule has 0 saturated carbocycles. The molecule has 1 aliphatic carbocycles. The zero-order valence-corrected chi connectivity index (χ0v) is 17.7. The number of nitrogens with zero attached hydrogens (tertiary/aromatic N) is 2. The molecule has 1 aromatic carbocycles. The number of hydrogen-bond donors (Lipinski definition) is 0. The van der Waals surface area contributed by atoms with Crippen LogP contribution in [0.3, 0.4) is 0 Å². The van der Waals surface area contributed by atoms with E-state index in [9.17, 15) is 4.79 Å². The molecule has 6 heteroatoms. The Balaban J connectivity index is 1.55. The van der Waals surface area contributed by atoms with Gasteiger partial charge < -0.3 is 4.74 Å². The van der Waals surface area contributed by atoms with Crippen LogP contribution in [-0.4, -0.2) is 21.9 Å². The number of rotatable bonds is 7. The molecule has 0 unspecified atom stereocenters. The summed E-state index contributed by atoms with van der Waals surface area (Å²) in [7, 11) is 0. The zero-order chi connectivity index (χ0) is 19.5. The second-order valence-corrected chi connectivity index (χ2v) is 9.15. The van der Waals surface area contributed by atoms with Gasteiger partial charge in [0.1, 0.15) is 10.6 Å². The molecule has 3 aromatic rings. The highest BCUT2D eigenvalue weighted by atomic mass is 32.2. The lowest BCUT2D eigenvalue weighted by Gasteiger charge is -2.12. The molecule has 0 bridgehead atoms. The van der Waals surface area contributed by atoms with Crippen molar-refractivity contribution < 1.29 is 4.74 Å². The van der Waals surface area contributed by atoms with E-state index in [-0.39, 0.29) is 5.56 Å². The van der Waals surface area contributed by atoms with E-state index in [4.69, 9.17) is 9.72 Å². The van der Waals surface area contributed by atoms with Crippen molar-refractivity contribution in [1.29, 1.82) is 0 Å². The molecular formula is C22H24N2O2S2. The van der Waals surface area contributed by atoms with E-state index in [1.807, 2.05) is 24.3 Å². The summed E-state index contributed by atoms with van der Waals surface area (Å²) in [6, 6.07) is 8.04. The third-order valence-corrected chi connectivity index (χ3v) is 7.08. The van der Waals surface area contributed by atoms with E-state index in [0.29, 0.717) is 13.2 Å². The van der Waals surface area contributed by atoms with Gasteiger partial charge in [0.2, 0.25) is 0 Å². The molecule has 1 aliphatic rings. The molecule has 2 heterocycles. The highest BCUT2D eigenvalue weighted by Crippen LogP contribution is 2.34. The third kappa shape index (κ3) is 3.89. The molecule has 28 heavy (non-hydrogen) atoms. The van der Waals surface area contributed by atoms with Gasteiger partial charge in [-0.05, 0) is 50.3 Å². The van der Waals surface area contributed by atoms with Crippen molar-refractivity contribution in [3.8, 4) is 5.75 Å². The summed E-state index contributed by atoms with van der Waals surface area (Å²) in [5.74, 6) is 1.60. The molecule has 2 aromatic heterocycles. The molecule has 4 rings (SSSR count). The van der Waals surface area contributed by atoms with Crippen molar-refractivity contribution >= 4 is 33.3 Å². The van der Waals surface area contributed by atoms with Crippen LogP contribution in [0.2, 0.25) is 0 Å². The molecule has 0 fully saturated rings. The van der Waals surface area contributed by atoms with Crippen molar-refractivity contribution in [3.63, 3.8) is 0 Å². The summed E-state index contributed by atoms with van der Waals surface area (Å²) in [5.41, 5.74) is 2.53. The van der Waals surface area contributed by atoms with Crippen LogP contribution in [0.5, 0.6) is 5.75 Å². The van der Waals surface area contributed by atoms with E-state index in [0.717, 1.165) is 46.1 Å². The van der Waals surface area contributed by atoms with Gasteiger partial charge in [-0.25, -0.2) is 4.98 Å². The molecule has 0 saturated heterocycles. The summed E-state index contributed by atoms with van der Waals surface area (Å²) < 4.78 is 7.57. The lowest BCUT2D eigenvalue weighted by Crippen LogP contribution is -2.23.